The van der Waals surface area contributed by atoms with Gasteiger partial charge in [-0.1, -0.05) is 45.1 Å². The van der Waals surface area contributed by atoms with Crippen molar-refractivity contribution in [2.45, 2.75) is 64.7 Å². The Kier molecular flexibility index (Phi) is 12.9. The summed E-state index contributed by atoms with van der Waals surface area (Å²) in [6.45, 7) is 8.01. The van der Waals surface area contributed by atoms with Crippen molar-refractivity contribution in [3.8, 4) is 5.75 Å². The number of rotatable bonds is 16. The number of pyridine rings is 1. The Morgan fingerprint density at radius 1 is 0.955 bits per heavy atom. The average molecular weight is 640 g/mol. The smallest absolute Gasteiger partial charge is 0.310 e. The van der Waals surface area contributed by atoms with Crippen LogP contribution in [0, 0.1) is 0 Å². The van der Waals surface area contributed by atoms with Gasteiger partial charge in [0.15, 0.2) is 0 Å². The number of aromatic nitrogens is 1. The van der Waals surface area contributed by atoms with Gasteiger partial charge in [-0.15, -0.1) is 11.3 Å². The zero-order valence-corrected chi connectivity index (χ0v) is 27.5. The molecule has 4 aromatic rings. The number of nitrogens with one attached hydrogen (secondary N) is 1. The number of halogens is 1. The molecule has 3 heterocycles. The average Bonchev–Trinajstić information content (AvgIpc) is 3.51. The molecule has 1 aliphatic heterocycles. The molecule has 0 aliphatic carbocycles. The van der Waals surface area contributed by atoms with Crippen LogP contribution in [0.2, 0.25) is 0 Å². The minimum atomic E-state index is -0.113. The Morgan fingerprint density at radius 3 is 2.59 bits per heavy atom. The number of hydrogen-bond donors (Lipinski definition) is 1. The van der Waals surface area contributed by atoms with Crippen molar-refractivity contribution in [2.75, 3.05) is 51.0 Å². The molecule has 9 heteroatoms. The van der Waals surface area contributed by atoms with E-state index < -0.39 is 0 Å². The first-order valence-corrected chi connectivity index (χ1v) is 16.9. The molecule has 2 aromatic heterocycles. The molecule has 0 saturated carbocycles. The third kappa shape index (κ3) is 9.22. The first-order valence-electron chi connectivity index (χ1n) is 16.0. The summed E-state index contributed by atoms with van der Waals surface area (Å²) >= 11 is 1.79. The van der Waals surface area contributed by atoms with Gasteiger partial charge in [-0.25, -0.2) is 0 Å². The van der Waals surface area contributed by atoms with Gasteiger partial charge < -0.3 is 31.8 Å². The van der Waals surface area contributed by atoms with Gasteiger partial charge >= 0.3 is 5.97 Å². The van der Waals surface area contributed by atoms with Crippen LogP contribution in [0.3, 0.4) is 0 Å². The lowest BCUT2D eigenvalue weighted by Crippen LogP contribution is -3.00. The Morgan fingerprint density at radius 2 is 1.75 bits per heavy atom. The minimum Gasteiger partial charge on any atom is -1.00 e. The number of nitrogens with zero attached hydrogens (tertiary/aromatic N) is 2. The van der Waals surface area contributed by atoms with Crippen LogP contribution in [-0.4, -0.2) is 61.5 Å². The highest BCUT2D eigenvalue weighted by atomic mass is 35.5. The number of anilines is 1. The van der Waals surface area contributed by atoms with Gasteiger partial charge in [0, 0.05) is 34.3 Å². The van der Waals surface area contributed by atoms with Gasteiger partial charge in [-0.3, -0.25) is 14.1 Å². The number of quaternary nitrogens is 1. The SMILES string of the molecule is CCCCCCCCC(=O)OC[N+]1(CCCCOc2ccc3ccc(=O)[nH]c3c2)CCN(c2cccc3sccc23)CC1.[Cl-]. The van der Waals surface area contributed by atoms with E-state index in [2.05, 4.69) is 46.5 Å². The van der Waals surface area contributed by atoms with Crippen molar-refractivity contribution in [1.29, 1.82) is 0 Å². The molecule has 44 heavy (non-hydrogen) atoms. The summed E-state index contributed by atoms with van der Waals surface area (Å²) in [5, 5.41) is 4.48. The number of ether oxygens (including phenoxy) is 2. The monoisotopic (exact) mass is 639 g/mol. The first kappa shape index (κ1) is 33.8. The number of carbonyl (C=O) groups is 1. The van der Waals surface area contributed by atoms with Crippen molar-refractivity contribution >= 4 is 44.0 Å². The standard InChI is InChI=1S/C35H45N3O4S.ClH/c1-2-3-4-5-6-7-13-35(40)42-27-38(22-19-37(20-23-38)32-11-10-12-33-30(32)18-25-43-33)21-8-9-24-41-29-16-14-28-15-17-34(39)36-31(28)26-29;/h10-12,14-18,25-26H,2-9,13,19-24,27H2,1H3;1H. The van der Waals surface area contributed by atoms with Gasteiger partial charge in [0.05, 0.1) is 44.8 Å². The second-order valence-corrected chi connectivity index (χ2v) is 12.8. The largest absolute Gasteiger partial charge is 1.00 e. The van der Waals surface area contributed by atoms with Gasteiger partial charge in [-0.2, -0.15) is 0 Å². The van der Waals surface area contributed by atoms with Crippen LogP contribution >= 0.6 is 11.3 Å². The van der Waals surface area contributed by atoms with E-state index in [0.29, 0.717) is 19.8 Å². The van der Waals surface area contributed by atoms with Crippen molar-refractivity contribution in [2.24, 2.45) is 0 Å². The van der Waals surface area contributed by atoms with Crippen LogP contribution in [0.4, 0.5) is 5.69 Å². The molecule has 0 spiro atoms. The van der Waals surface area contributed by atoms with E-state index in [9.17, 15) is 9.59 Å². The molecule has 0 atom stereocenters. The van der Waals surface area contributed by atoms with Gasteiger partial charge in [0.25, 0.3) is 0 Å². The molecule has 0 unspecified atom stereocenters. The lowest BCUT2D eigenvalue weighted by molar-refractivity contribution is -0.944. The van der Waals surface area contributed by atoms with E-state index in [0.717, 1.165) is 79.5 Å². The number of benzene rings is 2. The normalized spacial score (nSPS) is 14.4. The molecule has 0 amide bonds. The summed E-state index contributed by atoms with van der Waals surface area (Å²) in [5.41, 5.74) is 1.98. The Hall–Kier alpha value is -3.07. The number of H-pyrrole nitrogens is 1. The zero-order chi connectivity index (χ0) is 29.9. The molecule has 1 aliphatic rings. The highest BCUT2D eigenvalue weighted by Gasteiger charge is 2.34. The van der Waals surface area contributed by atoms with Crippen molar-refractivity contribution in [3.05, 3.63) is 70.3 Å². The number of hydrogen-bond acceptors (Lipinski definition) is 6. The maximum absolute atomic E-state index is 12.7. The van der Waals surface area contributed by atoms with Crippen LogP contribution in [0.25, 0.3) is 21.0 Å². The maximum Gasteiger partial charge on any atom is 0.310 e. The summed E-state index contributed by atoms with van der Waals surface area (Å²) in [6, 6.07) is 18.0. The fourth-order valence-electron chi connectivity index (χ4n) is 6.09. The number of unbranched alkanes of at least 4 members (excludes halogenated alkanes) is 6. The van der Waals surface area contributed by atoms with E-state index >= 15 is 0 Å². The molecule has 238 valence electrons. The van der Waals surface area contributed by atoms with Gasteiger partial charge in [0.1, 0.15) is 5.75 Å². The van der Waals surface area contributed by atoms with E-state index in [-0.39, 0.29) is 23.9 Å². The van der Waals surface area contributed by atoms with E-state index in [1.54, 1.807) is 11.3 Å². The van der Waals surface area contributed by atoms with Crippen LogP contribution in [-0.2, 0) is 9.53 Å². The number of piperazine rings is 1. The number of carbonyl (C=O) groups excluding carboxylic acids is 1. The van der Waals surface area contributed by atoms with Gasteiger partial charge in [0.2, 0.25) is 12.3 Å². The Labute approximate surface area is 271 Å². The van der Waals surface area contributed by atoms with Crippen LogP contribution in [0.15, 0.2) is 64.8 Å². The second kappa shape index (κ2) is 16.8. The Bertz CT molecular complexity index is 1530. The molecule has 1 saturated heterocycles. The Balaban J connectivity index is 0.00000442. The van der Waals surface area contributed by atoms with E-state index in [1.165, 1.54) is 47.5 Å². The number of aromatic amines is 1. The van der Waals surface area contributed by atoms with Crippen LogP contribution in [0.1, 0.15) is 64.7 Å². The first-order chi connectivity index (χ1) is 21.0. The van der Waals surface area contributed by atoms with Crippen molar-refractivity contribution in [3.63, 3.8) is 0 Å². The van der Waals surface area contributed by atoms with Gasteiger partial charge in [-0.05, 0) is 66.4 Å². The van der Waals surface area contributed by atoms with Crippen molar-refractivity contribution in [1.82, 2.24) is 4.98 Å². The highest BCUT2D eigenvalue weighted by molar-refractivity contribution is 7.17. The lowest BCUT2D eigenvalue weighted by atomic mass is 10.1. The predicted octanol–water partition coefficient (Wildman–Crippen LogP) is 4.49. The molecule has 0 bridgehead atoms. The number of fused-ring (bicyclic) bond motifs is 2. The summed E-state index contributed by atoms with van der Waals surface area (Å²) in [4.78, 5) is 29.7. The third-order valence-electron chi connectivity index (χ3n) is 8.73. The number of esters is 1. The molecule has 7 nitrogen and oxygen atoms in total. The van der Waals surface area contributed by atoms with Crippen LogP contribution < -0.4 is 27.6 Å². The van der Waals surface area contributed by atoms with Crippen LogP contribution in [0.5, 0.6) is 5.75 Å². The molecule has 1 fully saturated rings. The highest BCUT2D eigenvalue weighted by Crippen LogP contribution is 2.32. The lowest BCUT2D eigenvalue weighted by Gasteiger charge is -2.45. The third-order valence-corrected chi connectivity index (χ3v) is 9.61. The summed E-state index contributed by atoms with van der Waals surface area (Å²) in [6.07, 6.45) is 9.40. The molecule has 2 aromatic carbocycles. The molecule has 1 N–H and O–H groups in total. The summed E-state index contributed by atoms with van der Waals surface area (Å²) in [7, 11) is 0. The van der Waals surface area contributed by atoms with E-state index in [4.69, 9.17) is 9.47 Å². The van der Waals surface area contributed by atoms with E-state index in [1.807, 2.05) is 24.3 Å². The fourth-order valence-corrected chi connectivity index (χ4v) is 6.90. The van der Waals surface area contributed by atoms with Crippen molar-refractivity contribution < 1.29 is 31.2 Å². The minimum absolute atomic E-state index is 0. The topological polar surface area (TPSA) is 71.6 Å². The summed E-state index contributed by atoms with van der Waals surface area (Å²) in [5.74, 6) is 0.703. The fraction of sp³-hybridized carbons (Fsp3) is 0.486. The summed E-state index contributed by atoms with van der Waals surface area (Å²) < 4.78 is 14.1. The molecular weight excluding hydrogens is 594 g/mol. The zero-order valence-electron chi connectivity index (χ0n) is 25.9. The second-order valence-electron chi connectivity index (χ2n) is 11.9. The number of thiophene rings is 1. The predicted molar refractivity (Wildman–Crippen MR) is 177 cm³/mol. The molecular formula is C35H46ClN3O4S. The quantitative estimate of drug-likeness (QED) is 0.111. The molecule has 0 radical (unpaired) electrons. The molecule has 5 rings (SSSR count). The maximum atomic E-state index is 12.7.